The number of phenols is 1. The van der Waals surface area contributed by atoms with Crippen LogP contribution in [0.4, 0.5) is 0 Å². The molecule has 110 valence electrons. The number of phenolic OH excluding ortho intramolecular Hbond substituents is 1. The lowest BCUT2D eigenvalue weighted by molar-refractivity contribution is 0.234. The summed E-state index contributed by atoms with van der Waals surface area (Å²) in [6.45, 7) is 3.94. The number of aromatic hydroxyl groups is 1. The molecule has 0 amide bonds. The van der Waals surface area contributed by atoms with E-state index < -0.39 is 0 Å². The number of benzene rings is 1. The summed E-state index contributed by atoms with van der Waals surface area (Å²) < 4.78 is 0. The van der Waals surface area contributed by atoms with Crippen LogP contribution in [-0.2, 0) is 6.42 Å². The first-order chi connectivity index (χ1) is 9.79. The Bertz CT molecular complexity index is 387. The molecule has 1 aliphatic rings. The highest BCUT2D eigenvalue weighted by molar-refractivity contribution is 5.25. The SMILES string of the molecule is C=CCC(CCCc1ccc(O)cc1)C1CCCCC1. The number of hydrogen-bond acceptors (Lipinski definition) is 1. The number of rotatable bonds is 7. The van der Waals surface area contributed by atoms with Gasteiger partial charge in [0.1, 0.15) is 5.75 Å². The third-order valence-electron chi connectivity index (χ3n) is 4.76. The first-order valence-corrected chi connectivity index (χ1v) is 8.18. The van der Waals surface area contributed by atoms with E-state index in [4.69, 9.17) is 0 Å². The van der Waals surface area contributed by atoms with E-state index in [0.717, 1.165) is 18.3 Å². The van der Waals surface area contributed by atoms with E-state index in [9.17, 15) is 5.11 Å². The van der Waals surface area contributed by atoms with Gasteiger partial charge < -0.3 is 5.11 Å². The first-order valence-electron chi connectivity index (χ1n) is 8.18. The van der Waals surface area contributed by atoms with E-state index in [-0.39, 0.29) is 0 Å². The summed E-state index contributed by atoms with van der Waals surface area (Å²) in [5, 5.41) is 9.30. The topological polar surface area (TPSA) is 20.2 Å². The standard InChI is InChI=1S/C19H28O/c1-2-7-17(18-9-4-3-5-10-18)11-6-8-16-12-14-19(20)15-13-16/h2,12-15,17-18,20H,1,3-11H2. The summed E-state index contributed by atoms with van der Waals surface area (Å²) in [5.41, 5.74) is 1.34. The smallest absolute Gasteiger partial charge is 0.115 e. The fourth-order valence-corrected chi connectivity index (χ4v) is 3.60. The second kappa shape index (κ2) is 8.14. The van der Waals surface area contributed by atoms with Crippen molar-refractivity contribution in [2.75, 3.05) is 0 Å². The lowest BCUT2D eigenvalue weighted by Crippen LogP contribution is -2.17. The molecule has 1 unspecified atom stereocenters. The van der Waals surface area contributed by atoms with Crippen molar-refractivity contribution >= 4 is 0 Å². The van der Waals surface area contributed by atoms with Gasteiger partial charge in [-0.05, 0) is 55.2 Å². The zero-order valence-corrected chi connectivity index (χ0v) is 12.6. The van der Waals surface area contributed by atoms with E-state index in [1.807, 2.05) is 12.1 Å². The maximum atomic E-state index is 9.30. The Balaban J connectivity index is 1.79. The quantitative estimate of drug-likeness (QED) is 0.651. The Morgan fingerprint density at radius 3 is 2.50 bits per heavy atom. The molecule has 1 heteroatoms. The molecule has 0 aliphatic heterocycles. The Labute approximate surface area is 123 Å². The first kappa shape index (κ1) is 15.2. The predicted molar refractivity (Wildman–Crippen MR) is 85.9 cm³/mol. The number of aryl methyl sites for hydroxylation is 1. The molecule has 20 heavy (non-hydrogen) atoms. The van der Waals surface area contributed by atoms with Gasteiger partial charge in [0.05, 0.1) is 0 Å². The fraction of sp³-hybridized carbons (Fsp3) is 0.579. The van der Waals surface area contributed by atoms with Crippen molar-refractivity contribution in [3.05, 3.63) is 42.5 Å². The van der Waals surface area contributed by atoms with Crippen molar-refractivity contribution in [1.29, 1.82) is 0 Å². The largest absolute Gasteiger partial charge is 0.508 e. The molecule has 1 fully saturated rings. The molecule has 1 saturated carbocycles. The van der Waals surface area contributed by atoms with Crippen LogP contribution in [0.15, 0.2) is 36.9 Å². The van der Waals surface area contributed by atoms with Crippen molar-refractivity contribution in [3.63, 3.8) is 0 Å². The van der Waals surface area contributed by atoms with Crippen molar-refractivity contribution in [1.82, 2.24) is 0 Å². The maximum absolute atomic E-state index is 9.30. The number of hydrogen-bond donors (Lipinski definition) is 1. The minimum atomic E-state index is 0.362. The molecule has 0 bridgehead atoms. The summed E-state index contributed by atoms with van der Waals surface area (Å²) >= 11 is 0. The number of allylic oxidation sites excluding steroid dienone is 1. The molecule has 1 aromatic carbocycles. The van der Waals surface area contributed by atoms with Gasteiger partial charge in [0.2, 0.25) is 0 Å². The molecule has 1 nitrogen and oxygen atoms in total. The van der Waals surface area contributed by atoms with Gasteiger partial charge in [-0.25, -0.2) is 0 Å². The molecule has 1 atom stereocenters. The van der Waals surface area contributed by atoms with Crippen LogP contribution in [0.1, 0.15) is 56.9 Å². The van der Waals surface area contributed by atoms with Crippen LogP contribution in [0.3, 0.4) is 0 Å². The van der Waals surface area contributed by atoms with Gasteiger partial charge >= 0.3 is 0 Å². The molecular formula is C19H28O. The molecule has 1 aromatic rings. The summed E-state index contributed by atoms with van der Waals surface area (Å²) in [4.78, 5) is 0. The Morgan fingerprint density at radius 2 is 1.85 bits per heavy atom. The van der Waals surface area contributed by atoms with E-state index in [0.29, 0.717) is 5.75 Å². The Kier molecular flexibility index (Phi) is 6.17. The average molecular weight is 272 g/mol. The monoisotopic (exact) mass is 272 g/mol. The molecule has 2 rings (SSSR count). The highest BCUT2D eigenvalue weighted by atomic mass is 16.3. The Hall–Kier alpha value is -1.24. The minimum Gasteiger partial charge on any atom is -0.508 e. The van der Waals surface area contributed by atoms with Crippen LogP contribution in [0.2, 0.25) is 0 Å². The van der Waals surface area contributed by atoms with Crippen molar-refractivity contribution < 1.29 is 5.11 Å². The van der Waals surface area contributed by atoms with E-state index in [2.05, 4.69) is 12.7 Å². The minimum absolute atomic E-state index is 0.362. The molecule has 0 aromatic heterocycles. The molecule has 0 heterocycles. The van der Waals surface area contributed by atoms with Crippen LogP contribution < -0.4 is 0 Å². The van der Waals surface area contributed by atoms with Crippen molar-refractivity contribution in [2.45, 2.75) is 57.8 Å². The third-order valence-corrected chi connectivity index (χ3v) is 4.76. The van der Waals surface area contributed by atoms with Crippen LogP contribution in [0, 0.1) is 11.8 Å². The van der Waals surface area contributed by atoms with Crippen LogP contribution in [0.5, 0.6) is 5.75 Å². The second-order valence-corrected chi connectivity index (χ2v) is 6.24. The fourth-order valence-electron chi connectivity index (χ4n) is 3.60. The molecule has 1 N–H and O–H groups in total. The Morgan fingerprint density at radius 1 is 1.15 bits per heavy atom. The van der Waals surface area contributed by atoms with Gasteiger partial charge in [0, 0.05) is 0 Å². The van der Waals surface area contributed by atoms with Gasteiger partial charge in [-0.2, -0.15) is 0 Å². The van der Waals surface area contributed by atoms with Crippen LogP contribution in [0.25, 0.3) is 0 Å². The summed E-state index contributed by atoms with van der Waals surface area (Å²) in [7, 11) is 0. The summed E-state index contributed by atoms with van der Waals surface area (Å²) in [5.74, 6) is 2.13. The molecule has 0 saturated heterocycles. The van der Waals surface area contributed by atoms with Crippen LogP contribution >= 0.6 is 0 Å². The average Bonchev–Trinajstić information content (AvgIpc) is 2.49. The van der Waals surface area contributed by atoms with Crippen LogP contribution in [-0.4, -0.2) is 5.11 Å². The molecule has 0 spiro atoms. The molecule has 0 radical (unpaired) electrons. The highest BCUT2D eigenvalue weighted by Gasteiger charge is 2.22. The molecule has 1 aliphatic carbocycles. The lowest BCUT2D eigenvalue weighted by Gasteiger charge is -2.29. The van der Waals surface area contributed by atoms with Gasteiger partial charge in [0.25, 0.3) is 0 Å². The van der Waals surface area contributed by atoms with Gasteiger partial charge in [-0.3, -0.25) is 0 Å². The van der Waals surface area contributed by atoms with Crippen molar-refractivity contribution in [2.24, 2.45) is 11.8 Å². The normalized spacial score (nSPS) is 17.8. The molecular weight excluding hydrogens is 244 g/mol. The second-order valence-electron chi connectivity index (χ2n) is 6.24. The van der Waals surface area contributed by atoms with E-state index in [1.165, 1.54) is 56.9 Å². The van der Waals surface area contributed by atoms with Gasteiger partial charge in [-0.15, -0.1) is 6.58 Å². The van der Waals surface area contributed by atoms with Gasteiger partial charge in [0.15, 0.2) is 0 Å². The van der Waals surface area contributed by atoms with Gasteiger partial charge in [-0.1, -0.05) is 50.3 Å². The van der Waals surface area contributed by atoms with Crippen molar-refractivity contribution in [3.8, 4) is 5.75 Å². The third kappa shape index (κ3) is 4.70. The zero-order valence-electron chi connectivity index (χ0n) is 12.6. The predicted octanol–water partition coefficient (Wildman–Crippen LogP) is 5.49. The zero-order chi connectivity index (χ0) is 14.2. The van der Waals surface area contributed by atoms with E-state index >= 15 is 0 Å². The highest BCUT2D eigenvalue weighted by Crippen LogP contribution is 2.34. The van der Waals surface area contributed by atoms with E-state index in [1.54, 1.807) is 12.1 Å². The maximum Gasteiger partial charge on any atom is 0.115 e. The lowest BCUT2D eigenvalue weighted by atomic mass is 9.76. The summed E-state index contributed by atoms with van der Waals surface area (Å²) in [6, 6.07) is 7.66. The summed E-state index contributed by atoms with van der Waals surface area (Å²) in [6.07, 6.45) is 14.1.